The van der Waals surface area contributed by atoms with Crippen LogP contribution in [0.15, 0.2) is 27.1 Å². The Morgan fingerprint density at radius 2 is 2.14 bits per heavy atom. The number of hydrogen-bond acceptors (Lipinski definition) is 3. The molecular weight excluding hydrogens is 363 g/mol. The molecule has 3 nitrogen and oxygen atoms in total. The first kappa shape index (κ1) is 9.97. The minimum Gasteiger partial charge on any atom is -0.542 e. The lowest BCUT2D eigenvalue weighted by Gasteiger charge is -1.94. The lowest BCUT2D eigenvalue weighted by molar-refractivity contribution is -0.256. The second-order valence-electron chi connectivity index (χ2n) is 2.70. The zero-order chi connectivity index (χ0) is 10.3. The predicted molar refractivity (Wildman–Crippen MR) is 61.0 cm³/mol. The normalized spacial score (nSPS) is 10.7. The molecule has 0 saturated heterocycles. The van der Waals surface area contributed by atoms with Crippen molar-refractivity contribution >= 4 is 55.5 Å². The molecule has 0 aliphatic carbocycles. The summed E-state index contributed by atoms with van der Waals surface area (Å²) in [4.78, 5) is 10.5. The molecule has 0 N–H and O–H groups in total. The Morgan fingerprint density at radius 3 is 2.79 bits per heavy atom. The van der Waals surface area contributed by atoms with E-state index < -0.39 is 5.97 Å². The summed E-state index contributed by atoms with van der Waals surface area (Å²) < 4.78 is 6.87. The molecule has 0 radical (unpaired) electrons. The van der Waals surface area contributed by atoms with Crippen LogP contribution in [0, 0.1) is 3.57 Å². The molecule has 0 fully saturated rings. The molecule has 0 aliphatic rings. The molecule has 14 heavy (non-hydrogen) atoms. The molecule has 2 rings (SSSR count). The Hall–Kier alpha value is -0.560. The van der Waals surface area contributed by atoms with Crippen LogP contribution in [-0.2, 0) is 0 Å². The van der Waals surface area contributed by atoms with Gasteiger partial charge < -0.3 is 14.3 Å². The first-order valence-electron chi connectivity index (χ1n) is 3.68. The summed E-state index contributed by atoms with van der Waals surface area (Å²) in [5, 5.41) is 11.3. The van der Waals surface area contributed by atoms with Gasteiger partial charge in [-0.15, -0.1) is 0 Å². The fourth-order valence-electron chi connectivity index (χ4n) is 1.18. The van der Waals surface area contributed by atoms with Crippen LogP contribution in [0.25, 0.3) is 11.0 Å². The monoisotopic (exact) mass is 365 g/mol. The molecule has 0 aliphatic heterocycles. The minimum atomic E-state index is -1.30. The van der Waals surface area contributed by atoms with E-state index in [1.165, 1.54) is 6.07 Å². The molecule has 2 aromatic rings. The van der Waals surface area contributed by atoms with Gasteiger partial charge in [0, 0.05) is 9.86 Å². The lowest BCUT2D eigenvalue weighted by atomic mass is 10.2. The quantitative estimate of drug-likeness (QED) is 0.728. The van der Waals surface area contributed by atoms with Gasteiger partial charge in [0.2, 0.25) is 0 Å². The zero-order valence-electron chi connectivity index (χ0n) is 6.71. The number of carboxylic acid groups (broad SMARTS) is 1. The van der Waals surface area contributed by atoms with Crippen molar-refractivity contribution in [3.8, 4) is 0 Å². The molecule has 5 heteroatoms. The number of furan rings is 1. The van der Waals surface area contributed by atoms with Crippen LogP contribution in [0.4, 0.5) is 0 Å². The van der Waals surface area contributed by atoms with E-state index in [-0.39, 0.29) is 5.76 Å². The third kappa shape index (κ3) is 1.66. The van der Waals surface area contributed by atoms with E-state index in [2.05, 4.69) is 38.5 Å². The summed E-state index contributed by atoms with van der Waals surface area (Å²) in [5.41, 5.74) is 0.577. The fourth-order valence-corrected chi connectivity index (χ4v) is 2.84. The number of halogens is 2. The zero-order valence-corrected chi connectivity index (χ0v) is 10.5. The second kappa shape index (κ2) is 3.54. The molecule has 1 aromatic carbocycles. The van der Waals surface area contributed by atoms with E-state index in [1.54, 1.807) is 6.07 Å². The molecule has 0 spiro atoms. The minimum absolute atomic E-state index is 0.143. The van der Waals surface area contributed by atoms with Gasteiger partial charge >= 0.3 is 0 Å². The Balaban J connectivity index is 2.76. The largest absolute Gasteiger partial charge is 0.542 e. The number of fused-ring (bicyclic) bond motifs is 1. The topological polar surface area (TPSA) is 53.3 Å². The first-order valence-corrected chi connectivity index (χ1v) is 5.55. The van der Waals surface area contributed by atoms with Crippen molar-refractivity contribution < 1.29 is 14.3 Å². The van der Waals surface area contributed by atoms with E-state index in [9.17, 15) is 9.90 Å². The summed E-state index contributed by atoms with van der Waals surface area (Å²) in [6.45, 7) is 0. The highest BCUT2D eigenvalue weighted by molar-refractivity contribution is 14.1. The maximum absolute atomic E-state index is 10.5. The van der Waals surface area contributed by atoms with Crippen molar-refractivity contribution in [1.82, 2.24) is 0 Å². The third-order valence-corrected chi connectivity index (χ3v) is 3.00. The molecule has 0 saturated carbocycles. The van der Waals surface area contributed by atoms with Gasteiger partial charge in [0.15, 0.2) is 5.76 Å². The van der Waals surface area contributed by atoms with Gasteiger partial charge in [0.25, 0.3) is 0 Å². The predicted octanol–water partition coefficient (Wildman–Crippen LogP) is 2.16. The van der Waals surface area contributed by atoms with Gasteiger partial charge in [-0.05, 0) is 40.8 Å². The molecule has 0 bridgehead atoms. The number of carbonyl (C=O) groups is 1. The van der Waals surface area contributed by atoms with Gasteiger partial charge in [0.05, 0.1) is 3.57 Å². The Morgan fingerprint density at radius 1 is 1.43 bits per heavy atom. The van der Waals surface area contributed by atoms with E-state index in [0.717, 1.165) is 13.4 Å². The second-order valence-corrected chi connectivity index (χ2v) is 4.78. The Kier molecular flexibility index (Phi) is 2.52. The van der Waals surface area contributed by atoms with Gasteiger partial charge in [-0.3, -0.25) is 0 Å². The molecule has 0 amide bonds. The number of benzene rings is 1. The van der Waals surface area contributed by atoms with E-state index >= 15 is 0 Å². The smallest absolute Gasteiger partial charge is 0.150 e. The molecule has 0 atom stereocenters. The first-order chi connectivity index (χ1) is 6.58. The van der Waals surface area contributed by atoms with Crippen molar-refractivity contribution in [3.05, 3.63) is 32.0 Å². The summed E-state index contributed by atoms with van der Waals surface area (Å²) >= 11 is 5.40. The maximum Gasteiger partial charge on any atom is 0.150 e. The number of hydrogen-bond donors (Lipinski definition) is 0. The summed E-state index contributed by atoms with van der Waals surface area (Å²) in [6, 6.07) is 5.11. The van der Waals surface area contributed by atoms with Crippen molar-refractivity contribution in [2.24, 2.45) is 0 Å². The van der Waals surface area contributed by atoms with Gasteiger partial charge in [-0.2, -0.15) is 0 Å². The number of aromatic carboxylic acids is 1. The molecule has 1 aromatic heterocycles. The van der Waals surface area contributed by atoms with Crippen LogP contribution in [0.5, 0.6) is 0 Å². The van der Waals surface area contributed by atoms with Crippen LogP contribution < -0.4 is 5.11 Å². The fraction of sp³-hybridized carbons (Fsp3) is 0. The highest BCUT2D eigenvalue weighted by Crippen LogP contribution is 2.28. The van der Waals surface area contributed by atoms with Crippen molar-refractivity contribution in [2.45, 2.75) is 0 Å². The van der Waals surface area contributed by atoms with Crippen molar-refractivity contribution in [3.63, 3.8) is 0 Å². The molecular formula is C9H3BrIO3-. The van der Waals surface area contributed by atoms with Crippen LogP contribution in [0.2, 0.25) is 0 Å². The Labute approximate surface area is 101 Å². The SMILES string of the molecule is O=C([O-])c1cc2cc(Br)cc(I)c2o1. The van der Waals surface area contributed by atoms with Crippen LogP contribution in [0.1, 0.15) is 10.6 Å². The van der Waals surface area contributed by atoms with E-state index in [0.29, 0.717) is 5.58 Å². The molecule has 0 unspecified atom stereocenters. The standard InChI is InChI=1S/C9H4BrIO3/c10-5-1-4-2-7(9(12)13)14-8(4)6(11)3-5/h1-3H,(H,12,13)/p-1. The lowest BCUT2D eigenvalue weighted by Crippen LogP contribution is -2.21. The highest BCUT2D eigenvalue weighted by Gasteiger charge is 2.08. The Bertz CT molecular complexity index is 518. The van der Waals surface area contributed by atoms with E-state index in [4.69, 9.17) is 4.42 Å². The summed E-state index contributed by atoms with van der Waals surface area (Å²) in [5.74, 6) is -1.44. The van der Waals surface area contributed by atoms with Crippen LogP contribution in [0.3, 0.4) is 0 Å². The number of carboxylic acids is 1. The average molecular weight is 366 g/mol. The third-order valence-electron chi connectivity index (χ3n) is 1.74. The van der Waals surface area contributed by atoms with Crippen LogP contribution >= 0.6 is 38.5 Å². The summed E-state index contributed by atoms with van der Waals surface area (Å²) in [7, 11) is 0. The summed E-state index contributed by atoms with van der Waals surface area (Å²) in [6.07, 6.45) is 0. The number of carbonyl (C=O) groups excluding carboxylic acids is 1. The molecule has 1 heterocycles. The highest BCUT2D eigenvalue weighted by atomic mass is 127. The number of rotatable bonds is 1. The van der Waals surface area contributed by atoms with Crippen molar-refractivity contribution in [2.75, 3.05) is 0 Å². The molecule has 72 valence electrons. The van der Waals surface area contributed by atoms with Gasteiger partial charge in [-0.25, -0.2) is 0 Å². The van der Waals surface area contributed by atoms with Gasteiger partial charge in [-0.1, -0.05) is 15.9 Å². The maximum atomic E-state index is 10.5. The average Bonchev–Trinajstić information content (AvgIpc) is 2.47. The van der Waals surface area contributed by atoms with E-state index in [1.807, 2.05) is 6.07 Å². The van der Waals surface area contributed by atoms with Gasteiger partial charge in [0.1, 0.15) is 11.6 Å². The van der Waals surface area contributed by atoms with Crippen LogP contribution in [-0.4, -0.2) is 5.97 Å². The van der Waals surface area contributed by atoms with Crippen molar-refractivity contribution in [1.29, 1.82) is 0 Å².